The Hall–Kier alpha value is -4.65. The highest BCUT2D eigenvalue weighted by Gasteiger charge is 2.26. The van der Waals surface area contributed by atoms with Crippen LogP contribution < -0.4 is 15.5 Å². The van der Waals surface area contributed by atoms with E-state index in [1.54, 1.807) is 0 Å². The van der Waals surface area contributed by atoms with Gasteiger partial charge in [-0.1, -0.05) is 60.7 Å². The van der Waals surface area contributed by atoms with Crippen LogP contribution in [0.3, 0.4) is 0 Å². The molecule has 7 heteroatoms. The molecule has 0 aliphatic heterocycles. The first-order valence-electron chi connectivity index (χ1n) is 14.3. The molecular weight excluding hydrogens is 508 g/mol. The van der Waals surface area contributed by atoms with Gasteiger partial charge in [-0.15, -0.1) is 0 Å². The van der Waals surface area contributed by atoms with E-state index in [0.29, 0.717) is 11.5 Å². The van der Waals surface area contributed by atoms with Crippen molar-refractivity contribution >= 4 is 28.6 Å². The summed E-state index contributed by atoms with van der Waals surface area (Å²) in [7, 11) is 4.01. The Labute approximate surface area is 241 Å². The first kappa shape index (κ1) is 26.6. The number of hydrogen-bond donors (Lipinski definition) is 2. The number of rotatable bonds is 7. The second kappa shape index (κ2) is 11.5. The van der Waals surface area contributed by atoms with E-state index < -0.39 is 0 Å². The van der Waals surface area contributed by atoms with Gasteiger partial charge < -0.3 is 20.1 Å². The summed E-state index contributed by atoms with van der Waals surface area (Å²) in [5.41, 5.74) is 5.73. The van der Waals surface area contributed by atoms with Gasteiger partial charge in [-0.25, -0.2) is 4.98 Å². The third kappa shape index (κ3) is 5.53. The molecule has 1 saturated carbocycles. The van der Waals surface area contributed by atoms with Crippen LogP contribution in [-0.4, -0.2) is 46.6 Å². The summed E-state index contributed by atoms with van der Waals surface area (Å²) in [6.45, 7) is 2.03. The van der Waals surface area contributed by atoms with Crippen molar-refractivity contribution in [2.75, 3.05) is 24.3 Å². The fourth-order valence-electron chi connectivity index (χ4n) is 5.86. The highest BCUT2D eigenvalue weighted by molar-refractivity contribution is 5.97. The first-order valence-corrected chi connectivity index (χ1v) is 14.3. The zero-order chi connectivity index (χ0) is 28.3. The van der Waals surface area contributed by atoms with Crippen LogP contribution in [0.1, 0.15) is 41.7 Å². The molecule has 2 aromatic heterocycles. The van der Waals surface area contributed by atoms with Gasteiger partial charge in [-0.3, -0.25) is 4.79 Å². The number of carbonyl (C=O) groups excluding carboxylic acids is 1. The van der Waals surface area contributed by atoms with Gasteiger partial charge in [0.05, 0.1) is 16.8 Å². The number of anilines is 2. The van der Waals surface area contributed by atoms with Gasteiger partial charge in [-0.2, -0.15) is 4.98 Å². The molecule has 0 bridgehead atoms. The highest BCUT2D eigenvalue weighted by Crippen LogP contribution is 2.31. The van der Waals surface area contributed by atoms with Crippen LogP contribution in [0.15, 0.2) is 91.0 Å². The van der Waals surface area contributed by atoms with Crippen molar-refractivity contribution in [3.05, 3.63) is 102 Å². The minimum Gasteiger partial charge on any atom is -0.362 e. The molecule has 208 valence electrons. The zero-order valence-corrected chi connectivity index (χ0v) is 23.8. The van der Waals surface area contributed by atoms with Crippen LogP contribution in [0.25, 0.3) is 27.8 Å². The fraction of sp³-hybridized carbons (Fsp3) is 0.265. The van der Waals surface area contributed by atoms with Gasteiger partial charge in [0, 0.05) is 42.9 Å². The van der Waals surface area contributed by atoms with E-state index in [-0.39, 0.29) is 18.0 Å². The van der Waals surface area contributed by atoms with E-state index in [9.17, 15) is 4.79 Å². The van der Waals surface area contributed by atoms with E-state index in [1.165, 1.54) is 0 Å². The van der Waals surface area contributed by atoms with Gasteiger partial charge in [0.1, 0.15) is 5.82 Å². The van der Waals surface area contributed by atoms with Crippen molar-refractivity contribution in [3.8, 4) is 16.9 Å². The zero-order valence-electron chi connectivity index (χ0n) is 23.8. The molecule has 7 nitrogen and oxygen atoms in total. The molecule has 41 heavy (non-hydrogen) atoms. The Balaban J connectivity index is 1.15. The number of carbonyl (C=O) groups is 1. The average molecular weight is 545 g/mol. The van der Waals surface area contributed by atoms with Crippen LogP contribution in [0.5, 0.6) is 0 Å². The van der Waals surface area contributed by atoms with Crippen molar-refractivity contribution in [2.45, 2.75) is 44.7 Å². The molecule has 0 spiro atoms. The first-order chi connectivity index (χ1) is 20.0. The molecule has 1 aliphatic carbocycles. The van der Waals surface area contributed by atoms with Gasteiger partial charge in [0.2, 0.25) is 5.95 Å². The lowest BCUT2D eigenvalue weighted by Crippen LogP contribution is -2.40. The predicted octanol–water partition coefficient (Wildman–Crippen LogP) is 6.62. The molecule has 2 heterocycles. The Morgan fingerprint density at radius 1 is 0.829 bits per heavy atom. The lowest BCUT2D eigenvalue weighted by atomic mass is 9.91. The summed E-state index contributed by atoms with van der Waals surface area (Å²) in [6.07, 6.45) is 3.69. The van der Waals surface area contributed by atoms with Crippen molar-refractivity contribution in [1.29, 1.82) is 0 Å². The summed E-state index contributed by atoms with van der Waals surface area (Å²) >= 11 is 0. The van der Waals surface area contributed by atoms with Gasteiger partial charge in [0.15, 0.2) is 0 Å². The number of amides is 1. The van der Waals surface area contributed by atoms with Crippen LogP contribution in [0.2, 0.25) is 0 Å². The number of nitrogens with one attached hydrogen (secondary N) is 2. The monoisotopic (exact) mass is 544 g/mol. The van der Waals surface area contributed by atoms with Crippen LogP contribution in [0.4, 0.5) is 11.8 Å². The molecular formula is C34H36N6O. The van der Waals surface area contributed by atoms with E-state index in [2.05, 4.69) is 45.5 Å². The highest BCUT2D eigenvalue weighted by atomic mass is 16.1. The van der Waals surface area contributed by atoms with Crippen LogP contribution >= 0.6 is 0 Å². The summed E-state index contributed by atoms with van der Waals surface area (Å²) in [4.78, 5) is 25.2. The van der Waals surface area contributed by atoms with Crippen molar-refractivity contribution < 1.29 is 4.79 Å². The summed E-state index contributed by atoms with van der Waals surface area (Å²) < 4.78 is 2.18. The standard InChI is InChI=1S/C34H36N6O/c1-23-29(22-31(24-12-6-4-7-13-24)40(23)27-14-8-5-9-15-27)33(41)35-25-18-20-26(21-19-25)36-34-37-30-17-11-10-16-28(30)32(38-34)39(2)3/h4-17,22,25-26H,18-21H2,1-3H3,(H,35,41)(H,36,37,38)/t25-,26+. The molecule has 0 radical (unpaired) electrons. The van der Waals surface area contributed by atoms with Crippen molar-refractivity contribution in [1.82, 2.24) is 19.9 Å². The van der Waals surface area contributed by atoms with E-state index >= 15 is 0 Å². The topological polar surface area (TPSA) is 75.1 Å². The van der Waals surface area contributed by atoms with Crippen LogP contribution in [-0.2, 0) is 0 Å². The molecule has 5 aromatic rings. The van der Waals surface area contributed by atoms with Gasteiger partial charge in [0.25, 0.3) is 5.91 Å². The molecule has 1 amide bonds. The maximum absolute atomic E-state index is 13.6. The molecule has 2 N–H and O–H groups in total. The smallest absolute Gasteiger partial charge is 0.253 e. The van der Waals surface area contributed by atoms with E-state index in [0.717, 1.165) is 65.0 Å². The number of aromatic nitrogens is 3. The number of hydrogen-bond acceptors (Lipinski definition) is 5. The summed E-state index contributed by atoms with van der Waals surface area (Å²) in [5, 5.41) is 7.94. The maximum Gasteiger partial charge on any atom is 0.253 e. The number of para-hydroxylation sites is 2. The van der Waals surface area contributed by atoms with Crippen molar-refractivity contribution in [3.63, 3.8) is 0 Å². The Kier molecular flexibility index (Phi) is 7.42. The summed E-state index contributed by atoms with van der Waals surface area (Å²) in [6, 6.07) is 31.0. The largest absolute Gasteiger partial charge is 0.362 e. The fourth-order valence-corrected chi connectivity index (χ4v) is 5.86. The van der Waals surface area contributed by atoms with Gasteiger partial charge in [-0.05, 0) is 68.5 Å². The molecule has 0 saturated heterocycles. The predicted molar refractivity (Wildman–Crippen MR) is 167 cm³/mol. The van der Waals surface area contributed by atoms with E-state index in [4.69, 9.17) is 9.97 Å². The van der Waals surface area contributed by atoms with Crippen LogP contribution in [0, 0.1) is 6.92 Å². The molecule has 0 atom stereocenters. The third-order valence-corrected chi connectivity index (χ3v) is 7.98. The summed E-state index contributed by atoms with van der Waals surface area (Å²) in [5.74, 6) is 1.55. The second-order valence-electron chi connectivity index (χ2n) is 11.0. The Bertz CT molecular complexity index is 1650. The second-order valence-corrected chi connectivity index (χ2v) is 11.0. The van der Waals surface area contributed by atoms with Gasteiger partial charge >= 0.3 is 0 Å². The number of fused-ring (bicyclic) bond motifs is 1. The number of benzene rings is 3. The molecule has 0 unspecified atom stereocenters. The minimum atomic E-state index is -0.0146. The normalized spacial score (nSPS) is 16.9. The maximum atomic E-state index is 13.6. The minimum absolute atomic E-state index is 0.0146. The Morgan fingerprint density at radius 2 is 1.46 bits per heavy atom. The quantitative estimate of drug-likeness (QED) is 0.241. The average Bonchev–Trinajstić information content (AvgIpc) is 3.35. The molecule has 1 aliphatic rings. The molecule has 3 aromatic carbocycles. The number of nitrogens with zero attached hydrogens (tertiary/aromatic N) is 4. The van der Waals surface area contributed by atoms with E-state index in [1.807, 2.05) is 86.6 Å². The lowest BCUT2D eigenvalue weighted by molar-refractivity contribution is 0.0926. The van der Waals surface area contributed by atoms with Crippen molar-refractivity contribution in [2.24, 2.45) is 0 Å². The third-order valence-electron chi connectivity index (χ3n) is 7.98. The molecule has 1 fully saturated rings. The lowest BCUT2D eigenvalue weighted by Gasteiger charge is -2.30. The SMILES string of the molecule is Cc1c(C(=O)N[C@H]2CC[C@@H](Nc3nc(N(C)C)c4ccccc4n3)CC2)cc(-c2ccccc2)n1-c1ccccc1. The Morgan fingerprint density at radius 3 is 2.17 bits per heavy atom. The molecule has 6 rings (SSSR count).